The van der Waals surface area contributed by atoms with E-state index in [-0.39, 0.29) is 0 Å². The van der Waals surface area contributed by atoms with Gasteiger partial charge in [0.2, 0.25) is 0 Å². The van der Waals surface area contributed by atoms with Crippen molar-refractivity contribution >= 4 is 11.6 Å². The first-order valence-electron chi connectivity index (χ1n) is 5.45. The zero-order valence-corrected chi connectivity index (χ0v) is 10.3. The number of halogens is 1. The molecule has 0 fully saturated rings. The van der Waals surface area contributed by atoms with Crippen molar-refractivity contribution in [2.75, 3.05) is 12.4 Å². The Hall–Kier alpha value is 0.250. The molecule has 0 N–H and O–H groups in total. The Labute approximate surface area is 88.5 Å². The number of hydrogen-bond donors (Lipinski definition) is 0. The molecule has 1 atom stereocenters. The molecule has 0 saturated carbocycles. The summed E-state index contributed by atoms with van der Waals surface area (Å²) in [5.41, 5.74) is 0. The Morgan fingerprint density at radius 3 is 2.23 bits per heavy atom. The van der Waals surface area contributed by atoms with Gasteiger partial charge in [0.15, 0.2) is 0 Å². The highest BCUT2D eigenvalue weighted by molar-refractivity contribution is 6.17. The van der Waals surface area contributed by atoms with Crippen LogP contribution in [0.3, 0.4) is 0 Å². The highest BCUT2D eigenvalue weighted by Gasteiger charge is 2.15. The molecular formula is C11H24ClN. The van der Waals surface area contributed by atoms with Gasteiger partial charge in [-0.2, -0.15) is 0 Å². The summed E-state index contributed by atoms with van der Waals surface area (Å²) in [4.78, 5) is 2.55. The summed E-state index contributed by atoms with van der Waals surface area (Å²) in [5.74, 6) is 0.774. The van der Waals surface area contributed by atoms with Gasteiger partial charge in [-0.15, -0.1) is 11.6 Å². The Bertz CT molecular complexity index is 115. The summed E-state index contributed by atoms with van der Waals surface area (Å²) in [6, 6.07) is 1.27. The molecule has 0 aliphatic heterocycles. The summed E-state index contributed by atoms with van der Waals surface area (Å²) in [6.07, 6.45) is 3.67. The third kappa shape index (κ3) is 5.53. The average molecular weight is 206 g/mol. The largest absolute Gasteiger partial charge is 0.298 e. The predicted molar refractivity (Wildman–Crippen MR) is 61.5 cm³/mol. The van der Waals surface area contributed by atoms with E-state index >= 15 is 0 Å². The van der Waals surface area contributed by atoms with Gasteiger partial charge in [-0.05, 0) is 40.2 Å². The molecule has 1 unspecified atom stereocenters. The number of nitrogens with zero attached hydrogens (tertiary/aromatic N) is 1. The van der Waals surface area contributed by atoms with Crippen LogP contribution in [0.5, 0.6) is 0 Å². The maximum absolute atomic E-state index is 5.75. The molecule has 0 heterocycles. The third-order valence-corrected chi connectivity index (χ3v) is 2.74. The highest BCUT2D eigenvalue weighted by atomic mass is 35.5. The molecular weight excluding hydrogens is 182 g/mol. The summed E-state index contributed by atoms with van der Waals surface area (Å²) in [6.45, 7) is 10.3. The van der Waals surface area contributed by atoms with Gasteiger partial charge in [-0.3, -0.25) is 4.90 Å². The maximum atomic E-state index is 5.75. The van der Waals surface area contributed by atoms with E-state index in [1.807, 2.05) is 0 Å². The molecule has 0 aliphatic carbocycles. The SMILES string of the molecule is CCCCN(C(C)C)C(C)CCCl. The molecule has 0 aromatic carbocycles. The predicted octanol–water partition coefficient (Wildman–Crippen LogP) is 3.51. The lowest BCUT2D eigenvalue weighted by Crippen LogP contribution is -2.39. The Morgan fingerprint density at radius 1 is 1.23 bits per heavy atom. The van der Waals surface area contributed by atoms with E-state index in [4.69, 9.17) is 11.6 Å². The van der Waals surface area contributed by atoms with Gasteiger partial charge in [0.25, 0.3) is 0 Å². The van der Waals surface area contributed by atoms with Crippen LogP contribution in [0.25, 0.3) is 0 Å². The zero-order valence-electron chi connectivity index (χ0n) is 9.52. The molecule has 0 saturated heterocycles. The fourth-order valence-electron chi connectivity index (χ4n) is 1.65. The van der Waals surface area contributed by atoms with Crippen LogP contribution in [0.15, 0.2) is 0 Å². The van der Waals surface area contributed by atoms with Gasteiger partial charge in [0, 0.05) is 18.0 Å². The normalized spacial score (nSPS) is 14.1. The van der Waals surface area contributed by atoms with Crippen molar-refractivity contribution in [3.63, 3.8) is 0 Å². The van der Waals surface area contributed by atoms with E-state index < -0.39 is 0 Å². The average Bonchev–Trinajstić information content (AvgIpc) is 2.05. The first-order chi connectivity index (χ1) is 6.13. The van der Waals surface area contributed by atoms with Crippen molar-refractivity contribution in [2.45, 2.75) is 59.0 Å². The number of unbranched alkanes of at least 4 members (excludes halogenated alkanes) is 1. The number of rotatable bonds is 7. The Balaban J connectivity index is 3.91. The van der Waals surface area contributed by atoms with Crippen LogP contribution >= 0.6 is 11.6 Å². The minimum Gasteiger partial charge on any atom is -0.298 e. The lowest BCUT2D eigenvalue weighted by molar-refractivity contribution is 0.158. The van der Waals surface area contributed by atoms with Gasteiger partial charge >= 0.3 is 0 Å². The van der Waals surface area contributed by atoms with Crippen molar-refractivity contribution in [2.24, 2.45) is 0 Å². The zero-order chi connectivity index (χ0) is 10.3. The van der Waals surface area contributed by atoms with Crippen LogP contribution in [0.2, 0.25) is 0 Å². The standard InChI is InChI=1S/C11H24ClN/c1-5-6-9-13(10(2)3)11(4)7-8-12/h10-11H,5-9H2,1-4H3. The number of alkyl halides is 1. The van der Waals surface area contributed by atoms with Gasteiger partial charge in [0.05, 0.1) is 0 Å². The van der Waals surface area contributed by atoms with E-state index in [0.717, 1.165) is 12.3 Å². The van der Waals surface area contributed by atoms with Crippen LogP contribution in [0.4, 0.5) is 0 Å². The molecule has 2 heteroatoms. The summed E-state index contributed by atoms with van der Waals surface area (Å²) < 4.78 is 0. The highest BCUT2D eigenvalue weighted by Crippen LogP contribution is 2.10. The third-order valence-electron chi connectivity index (χ3n) is 2.53. The van der Waals surface area contributed by atoms with Crippen molar-refractivity contribution in [3.05, 3.63) is 0 Å². The molecule has 13 heavy (non-hydrogen) atoms. The van der Waals surface area contributed by atoms with Crippen molar-refractivity contribution in [1.29, 1.82) is 0 Å². The molecule has 0 amide bonds. The van der Waals surface area contributed by atoms with Crippen LogP contribution in [0, 0.1) is 0 Å². The lowest BCUT2D eigenvalue weighted by Gasteiger charge is -2.32. The fourth-order valence-corrected chi connectivity index (χ4v) is 1.97. The Morgan fingerprint density at radius 2 is 1.85 bits per heavy atom. The molecule has 0 aliphatic rings. The maximum Gasteiger partial charge on any atom is 0.0238 e. The monoisotopic (exact) mass is 205 g/mol. The molecule has 0 bridgehead atoms. The summed E-state index contributed by atoms with van der Waals surface area (Å²) >= 11 is 5.75. The molecule has 0 radical (unpaired) electrons. The van der Waals surface area contributed by atoms with E-state index in [2.05, 4.69) is 32.6 Å². The molecule has 0 spiro atoms. The summed E-state index contributed by atoms with van der Waals surface area (Å²) in [7, 11) is 0. The van der Waals surface area contributed by atoms with E-state index in [1.54, 1.807) is 0 Å². The van der Waals surface area contributed by atoms with Crippen LogP contribution < -0.4 is 0 Å². The Kier molecular flexibility index (Phi) is 7.78. The molecule has 0 aromatic rings. The second kappa shape index (κ2) is 7.64. The topological polar surface area (TPSA) is 3.24 Å². The van der Waals surface area contributed by atoms with Crippen molar-refractivity contribution < 1.29 is 0 Å². The molecule has 80 valence electrons. The van der Waals surface area contributed by atoms with Crippen molar-refractivity contribution in [1.82, 2.24) is 4.90 Å². The first-order valence-corrected chi connectivity index (χ1v) is 5.98. The number of hydrogen-bond acceptors (Lipinski definition) is 1. The quantitative estimate of drug-likeness (QED) is 0.575. The smallest absolute Gasteiger partial charge is 0.0238 e. The minimum atomic E-state index is 0.629. The van der Waals surface area contributed by atoms with Crippen LogP contribution in [-0.2, 0) is 0 Å². The molecule has 0 aromatic heterocycles. The first kappa shape index (κ1) is 13.2. The van der Waals surface area contributed by atoms with E-state index in [1.165, 1.54) is 19.4 Å². The second-order valence-electron chi connectivity index (χ2n) is 4.01. The van der Waals surface area contributed by atoms with Crippen LogP contribution in [-0.4, -0.2) is 29.4 Å². The molecule has 0 rings (SSSR count). The summed E-state index contributed by atoms with van der Waals surface area (Å²) in [5, 5.41) is 0. The second-order valence-corrected chi connectivity index (χ2v) is 4.39. The van der Waals surface area contributed by atoms with Gasteiger partial charge in [-0.1, -0.05) is 13.3 Å². The van der Waals surface area contributed by atoms with E-state index in [9.17, 15) is 0 Å². The van der Waals surface area contributed by atoms with Crippen LogP contribution in [0.1, 0.15) is 47.0 Å². The molecule has 1 nitrogen and oxygen atoms in total. The van der Waals surface area contributed by atoms with Gasteiger partial charge in [0.1, 0.15) is 0 Å². The minimum absolute atomic E-state index is 0.629. The lowest BCUT2D eigenvalue weighted by atomic mass is 10.1. The van der Waals surface area contributed by atoms with Gasteiger partial charge in [-0.25, -0.2) is 0 Å². The fraction of sp³-hybridized carbons (Fsp3) is 1.00. The van der Waals surface area contributed by atoms with Crippen molar-refractivity contribution in [3.8, 4) is 0 Å². The van der Waals surface area contributed by atoms with E-state index in [0.29, 0.717) is 12.1 Å². The van der Waals surface area contributed by atoms with Gasteiger partial charge < -0.3 is 0 Å².